The van der Waals surface area contributed by atoms with Crippen LogP contribution in [0.5, 0.6) is 0 Å². The molecule has 1 aromatic heterocycles. The molecule has 0 aliphatic carbocycles. The van der Waals surface area contributed by atoms with Crippen LogP contribution in [0, 0.1) is 0 Å². The van der Waals surface area contributed by atoms with Gasteiger partial charge in [0.15, 0.2) is 0 Å². The Morgan fingerprint density at radius 2 is 2.05 bits per heavy atom. The van der Waals surface area contributed by atoms with Crippen LogP contribution in [-0.4, -0.2) is 27.6 Å². The molecule has 0 bridgehead atoms. The summed E-state index contributed by atoms with van der Waals surface area (Å²) in [6, 6.07) is 8.42. The number of carbonyl (C=O) groups is 2. The van der Waals surface area contributed by atoms with Crippen LogP contribution >= 0.6 is 0 Å². The molecule has 110 valence electrons. The topological polar surface area (TPSA) is 91.3 Å². The van der Waals surface area contributed by atoms with Crippen LogP contribution in [0.15, 0.2) is 36.5 Å². The lowest BCUT2D eigenvalue weighted by atomic mass is 10.00. The number of anilines is 1. The van der Waals surface area contributed by atoms with Crippen molar-refractivity contribution in [3.8, 4) is 0 Å². The Bertz CT molecular complexity index is 681. The standard InChI is InChI=1S/C15H17N3O3/c1-3-15(2,13(19)20)18-14(21)17-12-8-4-7-11-10(12)6-5-9-16-11/h4-9H,3H2,1-2H3,(H,19,20)(H2,17,18,21). The van der Waals surface area contributed by atoms with Crippen LogP contribution < -0.4 is 10.6 Å². The van der Waals surface area contributed by atoms with Crippen LogP contribution in [0.3, 0.4) is 0 Å². The Balaban J connectivity index is 2.21. The summed E-state index contributed by atoms with van der Waals surface area (Å²) in [5.41, 5.74) is 0.0427. The third-order valence-electron chi connectivity index (χ3n) is 3.46. The van der Waals surface area contributed by atoms with Crippen molar-refractivity contribution in [1.29, 1.82) is 0 Å². The number of benzene rings is 1. The highest BCUT2D eigenvalue weighted by atomic mass is 16.4. The van der Waals surface area contributed by atoms with E-state index < -0.39 is 17.5 Å². The lowest BCUT2D eigenvalue weighted by Crippen LogP contribution is -2.53. The number of carboxylic acids is 1. The molecule has 1 atom stereocenters. The van der Waals surface area contributed by atoms with Crippen LogP contribution in [0.2, 0.25) is 0 Å². The second-order valence-electron chi connectivity index (χ2n) is 4.95. The van der Waals surface area contributed by atoms with Crippen molar-refractivity contribution in [3.63, 3.8) is 0 Å². The summed E-state index contributed by atoms with van der Waals surface area (Å²) in [6.07, 6.45) is 1.96. The van der Waals surface area contributed by atoms with Crippen molar-refractivity contribution in [3.05, 3.63) is 36.5 Å². The number of urea groups is 1. The number of nitrogens with one attached hydrogen (secondary N) is 2. The molecule has 0 saturated carbocycles. The molecular formula is C15H17N3O3. The predicted octanol–water partition coefficient (Wildman–Crippen LogP) is 2.61. The number of hydrogen-bond acceptors (Lipinski definition) is 3. The SMILES string of the molecule is CCC(C)(NC(=O)Nc1cccc2ncccc12)C(=O)O. The summed E-state index contributed by atoms with van der Waals surface area (Å²) in [5.74, 6) is -1.07. The summed E-state index contributed by atoms with van der Waals surface area (Å²) < 4.78 is 0. The second-order valence-corrected chi connectivity index (χ2v) is 4.95. The van der Waals surface area contributed by atoms with Gasteiger partial charge in [0.25, 0.3) is 0 Å². The van der Waals surface area contributed by atoms with Gasteiger partial charge in [-0.05, 0) is 37.6 Å². The number of rotatable bonds is 4. The fourth-order valence-corrected chi connectivity index (χ4v) is 1.91. The van der Waals surface area contributed by atoms with Gasteiger partial charge in [0.1, 0.15) is 5.54 Å². The molecule has 6 nitrogen and oxygen atoms in total. The van der Waals surface area contributed by atoms with Crippen molar-refractivity contribution in [2.75, 3.05) is 5.32 Å². The average molecular weight is 287 g/mol. The molecule has 0 aliphatic heterocycles. The van der Waals surface area contributed by atoms with E-state index in [1.807, 2.05) is 12.1 Å². The van der Waals surface area contributed by atoms with Crippen molar-refractivity contribution in [1.82, 2.24) is 10.3 Å². The molecule has 0 radical (unpaired) electrons. The molecule has 6 heteroatoms. The van der Waals surface area contributed by atoms with Crippen LogP contribution in [0.4, 0.5) is 10.5 Å². The zero-order chi connectivity index (χ0) is 15.5. The molecule has 0 saturated heterocycles. The first-order valence-corrected chi connectivity index (χ1v) is 6.62. The molecule has 21 heavy (non-hydrogen) atoms. The monoisotopic (exact) mass is 287 g/mol. The maximum absolute atomic E-state index is 12.0. The third kappa shape index (κ3) is 3.10. The number of nitrogens with zero attached hydrogens (tertiary/aromatic N) is 1. The van der Waals surface area contributed by atoms with Crippen LogP contribution in [0.1, 0.15) is 20.3 Å². The first-order chi connectivity index (χ1) is 9.96. The Kier molecular flexibility index (Phi) is 4.07. The van der Waals surface area contributed by atoms with Crippen molar-refractivity contribution in [2.45, 2.75) is 25.8 Å². The second kappa shape index (κ2) is 5.78. The lowest BCUT2D eigenvalue weighted by Gasteiger charge is -2.24. The first kappa shape index (κ1) is 14.8. The van der Waals surface area contributed by atoms with Crippen LogP contribution in [0.25, 0.3) is 10.9 Å². The molecule has 3 N–H and O–H groups in total. The highest BCUT2D eigenvalue weighted by Crippen LogP contribution is 2.21. The van der Waals surface area contributed by atoms with E-state index in [0.29, 0.717) is 5.69 Å². The highest BCUT2D eigenvalue weighted by molar-refractivity contribution is 6.01. The lowest BCUT2D eigenvalue weighted by molar-refractivity contribution is -0.143. The summed E-state index contributed by atoms with van der Waals surface area (Å²) in [7, 11) is 0. The molecule has 2 rings (SSSR count). The van der Waals surface area contributed by atoms with Gasteiger partial charge in [-0.15, -0.1) is 0 Å². The maximum Gasteiger partial charge on any atom is 0.329 e. The predicted molar refractivity (Wildman–Crippen MR) is 80.2 cm³/mol. The van der Waals surface area contributed by atoms with Gasteiger partial charge in [-0.25, -0.2) is 9.59 Å². The number of carbonyl (C=O) groups excluding carboxylic acids is 1. The molecule has 2 aromatic rings. The minimum atomic E-state index is -1.30. The number of pyridine rings is 1. The van der Waals surface area contributed by atoms with Gasteiger partial charge in [-0.2, -0.15) is 0 Å². The van der Waals surface area contributed by atoms with E-state index >= 15 is 0 Å². The van der Waals surface area contributed by atoms with E-state index in [0.717, 1.165) is 10.9 Å². The van der Waals surface area contributed by atoms with E-state index in [2.05, 4.69) is 15.6 Å². The normalized spacial score (nSPS) is 13.4. The molecule has 0 spiro atoms. The molecule has 1 unspecified atom stereocenters. The molecule has 1 heterocycles. The van der Waals surface area contributed by atoms with Gasteiger partial charge < -0.3 is 15.7 Å². The van der Waals surface area contributed by atoms with Crippen molar-refractivity contribution in [2.24, 2.45) is 0 Å². The number of fused-ring (bicyclic) bond motifs is 1. The molecule has 0 fully saturated rings. The molecule has 2 amide bonds. The Labute approximate surface area is 122 Å². The zero-order valence-electron chi connectivity index (χ0n) is 11.9. The van der Waals surface area contributed by atoms with Gasteiger partial charge in [-0.1, -0.05) is 13.0 Å². The quantitative estimate of drug-likeness (QED) is 0.806. The van der Waals surface area contributed by atoms with E-state index in [9.17, 15) is 9.59 Å². The minimum absolute atomic E-state index is 0.285. The summed E-state index contributed by atoms with van der Waals surface area (Å²) in [5, 5.41) is 15.1. The van der Waals surface area contributed by atoms with Crippen molar-refractivity contribution < 1.29 is 14.7 Å². The van der Waals surface area contributed by atoms with Gasteiger partial charge in [-0.3, -0.25) is 4.98 Å². The number of carboxylic acid groups (broad SMARTS) is 1. The largest absolute Gasteiger partial charge is 0.480 e. The Hall–Kier alpha value is -2.63. The Morgan fingerprint density at radius 1 is 1.29 bits per heavy atom. The number of hydrogen-bond donors (Lipinski definition) is 3. The molecular weight excluding hydrogens is 270 g/mol. The van der Waals surface area contributed by atoms with Crippen molar-refractivity contribution >= 4 is 28.6 Å². The molecule has 0 aliphatic rings. The Morgan fingerprint density at radius 3 is 2.71 bits per heavy atom. The number of amides is 2. The maximum atomic E-state index is 12.0. The van der Waals surface area contributed by atoms with E-state index in [-0.39, 0.29) is 6.42 Å². The smallest absolute Gasteiger partial charge is 0.329 e. The summed E-state index contributed by atoms with van der Waals surface area (Å²) in [6.45, 7) is 3.18. The van der Waals surface area contributed by atoms with Gasteiger partial charge in [0, 0.05) is 11.6 Å². The fraction of sp³-hybridized carbons (Fsp3) is 0.267. The average Bonchev–Trinajstić information content (AvgIpc) is 2.47. The van der Waals surface area contributed by atoms with E-state index in [4.69, 9.17) is 5.11 Å². The van der Waals surface area contributed by atoms with Crippen LogP contribution in [-0.2, 0) is 4.79 Å². The van der Waals surface area contributed by atoms with Gasteiger partial charge in [0.2, 0.25) is 0 Å². The van der Waals surface area contributed by atoms with E-state index in [1.165, 1.54) is 6.92 Å². The number of aliphatic carboxylic acids is 1. The minimum Gasteiger partial charge on any atom is -0.480 e. The van der Waals surface area contributed by atoms with E-state index in [1.54, 1.807) is 31.3 Å². The zero-order valence-corrected chi connectivity index (χ0v) is 11.9. The summed E-state index contributed by atoms with van der Waals surface area (Å²) >= 11 is 0. The first-order valence-electron chi connectivity index (χ1n) is 6.62. The fourth-order valence-electron chi connectivity index (χ4n) is 1.91. The van der Waals surface area contributed by atoms with Gasteiger partial charge in [0.05, 0.1) is 11.2 Å². The number of aromatic nitrogens is 1. The highest BCUT2D eigenvalue weighted by Gasteiger charge is 2.32. The molecule has 1 aromatic carbocycles. The summed E-state index contributed by atoms with van der Waals surface area (Å²) in [4.78, 5) is 27.4. The van der Waals surface area contributed by atoms with Gasteiger partial charge >= 0.3 is 12.0 Å². The third-order valence-corrected chi connectivity index (χ3v) is 3.46.